The van der Waals surface area contributed by atoms with E-state index in [1.807, 2.05) is 54.6 Å². The molecule has 7 rings (SSSR count). The van der Waals surface area contributed by atoms with E-state index in [2.05, 4.69) is 18.2 Å². The summed E-state index contributed by atoms with van der Waals surface area (Å²) in [5.74, 6) is -0.893. The van der Waals surface area contributed by atoms with E-state index >= 15 is 0 Å². The molecule has 0 N–H and O–H groups in total. The van der Waals surface area contributed by atoms with Gasteiger partial charge in [0.15, 0.2) is 6.10 Å². The van der Waals surface area contributed by atoms with E-state index < -0.39 is 12.1 Å². The number of rotatable bonds is 5. The van der Waals surface area contributed by atoms with Gasteiger partial charge in [0, 0.05) is 21.9 Å². The lowest BCUT2D eigenvalue weighted by Gasteiger charge is -2.18. The first-order valence-corrected chi connectivity index (χ1v) is 13.0. The van der Waals surface area contributed by atoms with E-state index in [0.29, 0.717) is 27.7 Å². The molecule has 7 aromatic rings. The Morgan fingerprint density at radius 1 is 0.525 bits per heavy atom. The fourth-order valence-corrected chi connectivity index (χ4v) is 5.24. The number of ether oxygens (including phenoxy) is 1. The summed E-state index contributed by atoms with van der Waals surface area (Å²) in [6.07, 6.45) is -1.08. The highest BCUT2D eigenvalue weighted by atomic mass is 16.5. The van der Waals surface area contributed by atoms with Gasteiger partial charge in [-0.15, -0.1) is 0 Å². The van der Waals surface area contributed by atoms with Crippen molar-refractivity contribution in [2.75, 3.05) is 0 Å². The van der Waals surface area contributed by atoms with Crippen LogP contribution in [0.2, 0.25) is 0 Å². The number of hydrogen-bond acceptors (Lipinski definition) is 5. The Kier molecular flexibility index (Phi) is 5.75. The lowest BCUT2D eigenvalue weighted by atomic mass is 9.99. The monoisotopic (exact) mass is 518 g/mol. The molecular weight excluding hydrogens is 496 g/mol. The van der Waals surface area contributed by atoms with Gasteiger partial charge in [0.25, 0.3) is 0 Å². The van der Waals surface area contributed by atoms with Crippen LogP contribution < -0.4 is 0 Å². The number of nitrogens with zero attached hydrogens (tertiary/aromatic N) is 2. The minimum atomic E-state index is -1.08. The van der Waals surface area contributed by atoms with Crippen molar-refractivity contribution in [3.8, 4) is 0 Å². The molecule has 5 nitrogen and oxygen atoms in total. The van der Waals surface area contributed by atoms with Crippen LogP contribution in [0, 0.1) is 0 Å². The first-order chi connectivity index (χ1) is 19.7. The summed E-state index contributed by atoms with van der Waals surface area (Å²) in [6.45, 7) is 0. The van der Waals surface area contributed by atoms with Gasteiger partial charge >= 0.3 is 5.97 Å². The summed E-state index contributed by atoms with van der Waals surface area (Å²) in [4.78, 5) is 36.8. The van der Waals surface area contributed by atoms with E-state index in [-0.39, 0.29) is 5.78 Å². The number of ketones is 1. The lowest BCUT2D eigenvalue weighted by molar-refractivity contribution is 0.0280. The third-order valence-electron chi connectivity index (χ3n) is 7.18. The lowest BCUT2D eigenvalue weighted by Crippen LogP contribution is -2.20. The van der Waals surface area contributed by atoms with Crippen LogP contribution in [0.15, 0.2) is 127 Å². The van der Waals surface area contributed by atoms with Crippen molar-refractivity contribution in [2.45, 2.75) is 6.10 Å². The van der Waals surface area contributed by atoms with Crippen molar-refractivity contribution in [2.24, 2.45) is 0 Å². The molecule has 40 heavy (non-hydrogen) atoms. The van der Waals surface area contributed by atoms with Gasteiger partial charge < -0.3 is 4.74 Å². The molecular formula is C35H22N2O3. The van der Waals surface area contributed by atoms with Crippen LogP contribution in [0.4, 0.5) is 0 Å². The Hall–Kier alpha value is -5.42. The Morgan fingerprint density at radius 2 is 1.05 bits per heavy atom. The largest absolute Gasteiger partial charge is 0.445 e. The van der Waals surface area contributed by atoms with Gasteiger partial charge in [0.2, 0.25) is 5.78 Å². The van der Waals surface area contributed by atoms with Crippen LogP contribution in [0.3, 0.4) is 0 Å². The number of carbonyl (C=O) groups is 2. The van der Waals surface area contributed by atoms with Crippen molar-refractivity contribution < 1.29 is 14.3 Å². The Balaban J connectivity index is 1.32. The van der Waals surface area contributed by atoms with E-state index in [4.69, 9.17) is 14.7 Å². The molecule has 1 aromatic heterocycles. The van der Waals surface area contributed by atoms with E-state index in [1.165, 1.54) is 0 Å². The molecule has 0 aliphatic heterocycles. The average Bonchev–Trinajstić information content (AvgIpc) is 3.03. The molecule has 6 aromatic carbocycles. The van der Waals surface area contributed by atoms with Crippen molar-refractivity contribution in [3.63, 3.8) is 0 Å². The molecule has 0 bridgehead atoms. The number of Topliss-reactive ketones (excluding diaryl/α,β-unsaturated/α-hetero) is 1. The summed E-state index contributed by atoms with van der Waals surface area (Å²) in [5.41, 5.74) is 4.21. The first-order valence-electron chi connectivity index (χ1n) is 13.0. The van der Waals surface area contributed by atoms with Gasteiger partial charge in [-0.25, -0.2) is 14.8 Å². The molecule has 1 unspecified atom stereocenters. The topological polar surface area (TPSA) is 69.2 Å². The Bertz CT molecular complexity index is 2070. The van der Waals surface area contributed by atoms with Crippen LogP contribution in [-0.2, 0) is 4.74 Å². The molecule has 0 aliphatic rings. The predicted octanol–water partition coefficient (Wildman–Crippen LogP) is 7.87. The molecule has 0 aliphatic carbocycles. The minimum absolute atomic E-state index is 0.287. The highest BCUT2D eigenvalue weighted by molar-refractivity contribution is 6.23. The third-order valence-corrected chi connectivity index (χ3v) is 7.18. The number of esters is 1. The number of benzene rings is 6. The maximum atomic E-state index is 13.4. The summed E-state index contributed by atoms with van der Waals surface area (Å²) >= 11 is 0. The summed E-state index contributed by atoms with van der Waals surface area (Å²) in [6, 6.07) is 39.4. The fraction of sp³-hybridized carbons (Fsp3) is 0.0286. The standard InChI is InChI=1S/C35H22N2O3/c38-33(22-11-3-1-4-12-22)34(23-13-5-2-6-14-23)40-35(39)24-19-20-29-30(21-24)37-32-28-18-10-8-16-26(28)25-15-7-9-17-27(25)31(32)36-29/h1-21,34H. The van der Waals surface area contributed by atoms with Crippen LogP contribution in [0.1, 0.15) is 32.4 Å². The van der Waals surface area contributed by atoms with Crippen molar-refractivity contribution in [1.29, 1.82) is 0 Å². The molecule has 0 amide bonds. The molecule has 0 spiro atoms. The molecule has 0 saturated heterocycles. The summed E-state index contributed by atoms with van der Waals surface area (Å²) in [7, 11) is 0. The molecule has 190 valence electrons. The van der Waals surface area contributed by atoms with Crippen LogP contribution in [0.5, 0.6) is 0 Å². The van der Waals surface area contributed by atoms with E-state index in [9.17, 15) is 9.59 Å². The smallest absolute Gasteiger partial charge is 0.339 e. The second kappa shape index (κ2) is 9.71. The van der Waals surface area contributed by atoms with E-state index in [0.717, 1.165) is 32.6 Å². The normalized spacial score (nSPS) is 12.1. The molecule has 1 heterocycles. The van der Waals surface area contributed by atoms with Gasteiger partial charge in [0.1, 0.15) is 0 Å². The molecule has 0 fully saturated rings. The number of carbonyl (C=O) groups excluding carboxylic acids is 2. The second-order valence-corrected chi connectivity index (χ2v) is 9.64. The molecule has 1 atom stereocenters. The van der Waals surface area contributed by atoms with Crippen LogP contribution in [-0.4, -0.2) is 21.7 Å². The Morgan fingerprint density at radius 3 is 1.68 bits per heavy atom. The molecule has 0 radical (unpaired) electrons. The fourth-order valence-electron chi connectivity index (χ4n) is 5.24. The van der Waals surface area contributed by atoms with Gasteiger partial charge in [-0.2, -0.15) is 0 Å². The third kappa shape index (κ3) is 4.05. The van der Waals surface area contributed by atoms with Gasteiger partial charge in [0.05, 0.1) is 27.6 Å². The highest BCUT2D eigenvalue weighted by Gasteiger charge is 2.27. The average molecular weight is 519 g/mol. The molecule has 0 saturated carbocycles. The number of aromatic nitrogens is 2. The van der Waals surface area contributed by atoms with Gasteiger partial charge in [-0.05, 0) is 29.0 Å². The van der Waals surface area contributed by atoms with Crippen LogP contribution >= 0.6 is 0 Å². The zero-order chi connectivity index (χ0) is 27.1. The van der Waals surface area contributed by atoms with Crippen molar-refractivity contribution in [3.05, 3.63) is 144 Å². The maximum Gasteiger partial charge on any atom is 0.339 e. The minimum Gasteiger partial charge on any atom is -0.445 e. The zero-order valence-electron chi connectivity index (χ0n) is 21.3. The van der Waals surface area contributed by atoms with Crippen molar-refractivity contribution in [1.82, 2.24) is 9.97 Å². The van der Waals surface area contributed by atoms with Crippen LogP contribution in [0.25, 0.3) is 43.6 Å². The van der Waals surface area contributed by atoms with Gasteiger partial charge in [-0.3, -0.25) is 4.79 Å². The summed E-state index contributed by atoms with van der Waals surface area (Å²) < 4.78 is 5.87. The predicted molar refractivity (Wildman–Crippen MR) is 157 cm³/mol. The zero-order valence-corrected chi connectivity index (χ0v) is 21.3. The second-order valence-electron chi connectivity index (χ2n) is 9.64. The van der Waals surface area contributed by atoms with E-state index in [1.54, 1.807) is 54.6 Å². The van der Waals surface area contributed by atoms with Gasteiger partial charge in [-0.1, -0.05) is 109 Å². The quantitative estimate of drug-likeness (QED) is 0.100. The molecule has 5 heteroatoms. The number of fused-ring (bicyclic) bond motifs is 7. The van der Waals surface area contributed by atoms with Crippen molar-refractivity contribution >= 4 is 55.4 Å². The summed E-state index contributed by atoms with van der Waals surface area (Å²) in [5, 5.41) is 4.24. The number of hydrogen-bond donors (Lipinski definition) is 0. The SMILES string of the molecule is O=C(OC(C(=O)c1ccccc1)c1ccccc1)c1ccc2nc3c4ccccc4c4ccccc4c3nc2c1. The maximum absolute atomic E-state index is 13.4. The Labute approximate surface area is 229 Å². The first kappa shape index (κ1) is 23.7. The highest BCUT2D eigenvalue weighted by Crippen LogP contribution is 2.34.